The molecule has 2 aliphatic rings. The quantitative estimate of drug-likeness (QED) is 0.485. The maximum absolute atomic E-state index is 13.4. The Morgan fingerprint density at radius 3 is 2.94 bits per heavy atom. The fourth-order valence-corrected chi connectivity index (χ4v) is 4.82. The number of thioether (sulfide) groups is 1. The molecular formula is C20H22FN5O4S. The van der Waals surface area contributed by atoms with E-state index >= 15 is 0 Å². The lowest BCUT2D eigenvalue weighted by Gasteiger charge is -2.17. The van der Waals surface area contributed by atoms with Crippen LogP contribution < -0.4 is 5.32 Å². The minimum atomic E-state index is -1.16. The summed E-state index contributed by atoms with van der Waals surface area (Å²) in [6, 6.07) is 6.36. The number of imidazole rings is 1. The van der Waals surface area contributed by atoms with Gasteiger partial charge in [-0.1, -0.05) is 6.07 Å². The van der Waals surface area contributed by atoms with Crippen molar-refractivity contribution in [3.05, 3.63) is 42.7 Å². The summed E-state index contributed by atoms with van der Waals surface area (Å²) in [5, 5.41) is 24.5. The van der Waals surface area contributed by atoms with Crippen molar-refractivity contribution in [2.45, 2.75) is 41.9 Å². The van der Waals surface area contributed by atoms with Crippen molar-refractivity contribution in [2.24, 2.45) is 0 Å². The van der Waals surface area contributed by atoms with Gasteiger partial charge in [-0.3, -0.25) is 4.57 Å². The van der Waals surface area contributed by atoms with E-state index in [1.807, 2.05) is 0 Å². The van der Waals surface area contributed by atoms with Gasteiger partial charge in [-0.15, -0.1) is 11.8 Å². The molecule has 0 aliphatic carbocycles. The zero-order valence-corrected chi connectivity index (χ0v) is 17.3. The van der Waals surface area contributed by atoms with Crippen LogP contribution in [0.2, 0.25) is 0 Å². The molecule has 2 aliphatic heterocycles. The Hall–Kier alpha value is -2.31. The summed E-state index contributed by atoms with van der Waals surface area (Å²) in [6.07, 6.45) is 0.0831. The molecule has 31 heavy (non-hydrogen) atoms. The molecular weight excluding hydrogens is 425 g/mol. The molecule has 0 amide bonds. The molecule has 0 radical (unpaired) electrons. The monoisotopic (exact) mass is 447 g/mol. The Bertz CT molecular complexity index is 1060. The lowest BCUT2D eigenvalue weighted by Crippen LogP contribution is -2.32. The van der Waals surface area contributed by atoms with Crippen LogP contribution >= 0.6 is 11.8 Å². The van der Waals surface area contributed by atoms with E-state index in [1.54, 1.807) is 16.7 Å². The molecule has 2 saturated heterocycles. The van der Waals surface area contributed by atoms with E-state index in [4.69, 9.17) is 9.47 Å². The molecule has 0 saturated carbocycles. The van der Waals surface area contributed by atoms with E-state index in [9.17, 15) is 14.6 Å². The molecule has 2 fully saturated rings. The smallest absolute Gasteiger partial charge is 0.167 e. The Balaban J connectivity index is 1.33. The van der Waals surface area contributed by atoms with E-state index < -0.39 is 24.5 Å². The minimum absolute atomic E-state index is 0.155. The minimum Gasteiger partial charge on any atom is -0.387 e. The van der Waals surface area contributed by atoms with Crippen LogP contribution in [0.1, 0.15) is 12.6 Å². The standard InChI is InChI=1S/C20H22FN5O4S/c21-11-2-1-3-13(6-11)31-8-14-16(27)17(28)20(30-14)26-10-24-15-18(22-9-23-19(15)26)25-12-4-5-29-7-12/h1-3,6,9-10,12,14,16-17,20,27-28H,4-5,7-8H2,(H,22,23,25)/t12-,14-,16-,17-,20-/m1/s1. The van der Waals surface area contributed by atoms with Gasteiger partial charge in [0.25, 0.3) is 0 Å². The van der Waals surface area contributed by atoms with Crippen LogP contribution in [-0.2, 0) is 9.47 Å². The van der Waals surface area contributed by atoms with Gasteiger partial charge in [-0.2, -0.15) is 0 Å². The highest BCUT2D eigenvalue weighted by Crippen LogP contribution is 2.35. The third-order valence-electron chi connectivity index (χ3n) is 5.45. The molecule has 3 N–H and O–H groups in total. The summed E-state index contributed by atoms with van der Waals surface area (Å²) in [7, 11) is 0. The summed E-state index contributed by atoms with van der Waals surface area (Å²) in [5.74, 6) is 0.619. The number of anilines is 1. The lowest BCUT2D eigenvalue weighted by atomic mass is 10.1. The number of hydrogen-bond acceptors (Lipinski definition) is 9. The van der Waals surface area contributed by atoms with E-state index in [1.165, 1.54) is 36.5 Å². The number of fused-ring (bicyclic) bond motifs is 1. The Morgan fingerprint density at radius 1 is 1.23 bits per heavy atom. The number of aliphatic hydroxyl groups excluding tert-OH is 2. The predicted octanol–water partition coefficient (Wildman–Crippen LogP) is 1.58. The Morgan fingerprint density at radius 2 is 2.13 bits per heavy atom. The first-order valence-electron chi connectivity index (χ1n) is 10.0. The molecule has 9 nitrogen and oxygen atoms in total. The number of nitrogens with zero attached hydrogens (tertiary/aromatic N) is 4. The van der Waals surface area contributed by atoms with E-state index in [0.717, 1.165) is 11.3 Å². The van der Waals surface area contributed by atoms with Crippen molar-refractivity contribution < 1.29 is 24.1 Å². The average Bonchev–Trinajstić information content (AvgIpc) is 3.49. The van der Waals surface area contributed by atoms with Crippen molar-refractivity contribution in [3.8, 4) is 0 Å². The summed E-state index contributed by atoms with van der Waals surface area (Å²) < 4.78 is 26.4. The van der Waals surface area contributed by atoms with Gasteiger partial charge in [-0.25, -0.2) is 19.3 Å². The first-order chi connectivity index (χ1) is 15.1. The second-order valence-electron chi connectivity index (χ2n) is 7.57. The van der Waals surface area contributed by atoms with Crippen LogP contribution in [-0.4, -0.2) is 73.1 Å². The van der Waals surface area contributed by atoms with Gasteiger partial charge < -0.3 is 25.0 Å². The molecule has 4 heterocycles. The molecule has 3 aromatic rings. The SMILES string of the molecule is O[C@@H]1[C@H](O)[C@@H](CSc2cccc(F)c2)O[C@H]1n1cnc2c(N[C@@H]3CCOC3)ncnc21. The van der Waals surface area contributed by atoms with Gasteiger partial charge in [0.1, 0.15) is 24.4 Å². The van der Waals surface area contributed by atoms with Gasteiger partial charge in [0.05, 0.1) is 25.1 Å². The van der Waals surface area contributed by atoms with Crippen molar-refractivity contribution >= 4 is 28.7 Å². The van der Waals surface area contributed by atoms with Crippen LogP contribution in [0.15, 0.2) is 41.8 Å². The van der Waals surface area contributed by atoms with Crippen LogP contribution in [0.4, 0.5) is 10.2 Å². The Labute approximate surface area is 181 Å². The number of nitrogens with one attached hydrogen (secondary N) is 1. The van der Waals surface area contributed by atoms with Gasteiger partial charge in [0, 0.05) is 17.3 Å². The molecule has 0 unspecified atom stereocenters. The highest BCUT2D eigenvalue weighted by Gasteiger charge is 2.44. The zero-order valence-electron chi connectivity index (χ0n) is 16.5. The fraction of sp³-hybridized carbons (Fsp3) is 0.450. The summed E-state index contributed by atoms with van der Waals surface area (Å²) >= 11 is 1.35. The topological polar surface area (TPSA) is 115 Å². The van der Waals surface area contributed by atoms with Gasteiger partial charge in [0.2, 0.25) is 0 Å². The predicted molar refractivity (Wildman–Crippen MR) is 111 cm³/mol. The molecule has 0 spiro atoms. The highest BCUT2D eigenvalue weighted by molar-refractivity contribution is 7.99. The molecule has 5 atom stereocenters. The van der Waals surface area contributed by atoms with Crippen LogP contribution in [0.5, 0.6) is 0 Å². The molecule has 2 aromatic heterocycles. The Kier molecular flexibility index (Phi) is 5.76. The second-order valence-corrected chi connectivity index (χ2v) is 8.66. The van der Waals surface area contributed by atoms with Crippen molar-refractivity contribution in [1.82, 2.24) is 19.5 Å². The van der Waals surface area contributed by atoms with E-state index in [2.05, 4.69) is 20.3 Å². The highest BCUT2D eigenvalue weighted by atomic mass is 32.2. The van der Waals surface area contributed by atoms with Crippen LogP contribution in [0.3, 0.4) is 0 Å². The number of rotatable bonds is 6. The number of aliphatic hydroxyl groups is 2. The molecule has 1 aromatic carbocycles. The maximum atomic E-state index is 13.4. The zero-order chi connectivity index (χ0) is 21.4. The summed E-state index contributed by atoms with van der Waals surface area (Å²) in [5.41, 5.74) is 1.04. The molecule has 5 rings (SSSR count). The number of benzene rings is 1. The third kappa shape index (κ3) is 4.11. The van der Waals surface area contributed by atoms with Gasteiger partial charge in [-0.05, 0) is 24.6 Å². The first kappa shape index (κ1) is 20.6. The summed E-state index contributed by atoms with van der Waals surface area (Å²) in [6.45, 7) is 1.31. The maximum Gasteiger partial charge on any atom is 0.167 e. The third-order valence-corrected chi connectivity index (χ3v) is 6.53. The van der Waals surface area contributed by atoms with Gasteiger partial charge >= 0.3 is 0 Å². The van der Waals surface area contributed by atoms with E-state index in [0.29, 0.717) is 35.9 Å². The lowest BCUT2D eigenvalue weighted by molar-refractivity contribution is -0.0289. The van der Waals surface area contributed by atoms with Crippen LogP contribution in [0, 0.1) is 5.82 Å². The number of aromatic nitrogens is 4. The molecule has 0 bridgehead atoms. The normalized spacial score (nSPS) is 28.4. The summed E-state index contributed by atoms with van der Waals surface area (Å²) in [4.78, 5) is 13.7. The molecule has 11 heteroatoms. The van der Waals surface area contributed by atoms with E-state index in [-0.39, 0.29) is 11.9 Å². The van der Waals surface area contributed by atoms with Crippen molar-refractivity contribution in [2.75, 3.05) is 24.3 Å². The van der Waals surface area contributed by atoms with Crippen molar-refractivity contribution in [3.63, 3.8) is 0 Å². The van der Waals surface area contributed by atoms with Crippen LogP contribution in [0.25, 0.3) is 11.2 Å². The number of ether oxygens (including phenoxy) is 2. The largest absolute Gasteiger partial charge is 0.387 e. The first-order valence-corrected chi connectivity index (χ1v) is 11.0. The fourth-order valence-electron chi connectivity index (χ4n) is 3.82. The number of hydrogen-bond donors (Lipinski definition) is 3. The second kappa shape index (κ2) is 8.67. The number of halogens is 1. The van der Waals surface area contributed by atoms with Crippen molar-refractivity contribution in [1.29, 1.82) is 0 Å². The average molecular weight is 447 g/mol. The van der Waals surface area contributed by atoms with Gasteiger partial charge in [0.15, 0.2) is 23.2 Å². The molecule has 164 valence electrons.